The van der Waals surface area contributed by atoms with Crippen molar-refractivity contribution in [2.75, 3.05) is 26.2 Å². The molecular formula is C22H30N4OS. The van der Waals surface area contributed by atoms with Gasteiger partial charge in [0.15, 0.2) is 0 Å². The first-order valence-corrected chi connectivity index (χ1v) is 11.3. The molecule has 0 unspecified atom stereocenters. The van der Waals surface area contributed by atoms with Gasteiger partial charge in [0.25, 0.3) is 0 Å². The van der Waals surface area contributed by atoms with E-state index in [-0.39, 0.29) is 12.1 Å². The highest BCUT2D eigenvalue weighted by molar-refractivity contribution is 7.15. The fraction of sp³-hybridized carbons (Fsp3) is 0.545. The molecular weight excluding hydrogens is 368 g/mol. The van der Waals surface area contributed by atoms with Crippen LogP contribution in [-0.2, 0) is 0 Å². The van der Waals surface area contributed by atoms with Crippen molar-refractivity contribution in [1.82, 2.24) is 20.1 Å². The maximum Gasteiger partial charge on any atom is 0.317 e. The zero-order chi connectivity index (χ0) is 19.5. The van der Waals surface area contributed by atoms with Crippen molar-refractivity contribution in [3.05, 3.63) is 40.9 Å². The van der Waals surface area contributed by atoms with E-state index in [0.717, 1.165) is 47.1 Å². The summed E-state index contributed by atoms with van der Waals surface area (Å²) in [7, 11) is 0. The van der Waals surface area contributed by atoms with E-state index in [1.807, 2.05) is 30.0 Å². The molecule has 2 aliphatic rings. The van der Waals surface area contributed by atoms with Crippen LogP contribution in [0.4, 0.5) is 4.79 Å². The maximum absolute atomic E-state index is 12.8. The summed E-state index contributed by atoms with van der Waals surface area (Å²) in [5.41, 5.74) is 2.13. The van der Waals surface area contributed by atoms with Crippen LogP contribution < -0.4 is 5.32 Å². The number of carbonyl (C=O) groups excluding carboxylic acids is 1. The van der Waals surface area contributed by atoms with Gasteiger partial charge < -0.3 is 15.1 Å². The number of carbonyl (C=O) groups is 1. The summed E-state index contributed by atoms with van der Waals surface area (Å²) in [4.78, 5) is 23.2. The Kier molecular flexibility index (Phi) is 5.97. The number of nitrogens with one attached hydrogen (secondary N) is 1. The average molecular weight is 399 g/mol. The number of likely N-dealkylation sites (tertiary alicyclic amines) is 2. The van der Waals surface area contributed by atoms with E-state index in [0.29, 0.717) is 6.04 Å². The number of hydrogen-bond donors (Lipinski definition) is 1. The number of urea groups is 1. The summed E-state index contributed by atoms with van der Waals surface area (Å²) < 4.78 is 0. The van der Waals surface area contributed by atoms with Crippen LogP contribution in [0.25, 0.3) is 10.6 Å². The Hall–Kier alpha value is -1.92. The van der Waals surface area contributed by atoms with Gasteiger partial charge in [-0.15, -0.1) is 11.3 Å². The number of amides is 2. The third kappa shape index (κ3) is 4.23. The Bertz CT molecular complexity index is 792. The molecule has 0 aliphatic carbocycles. The van der Waals surface area contributed by atoms with Gasteiger partial charge in [-0.3, -0.25) is 0 Å². The smallest absolute Gasteiger partial charge is 0.317 e. The first-order valence-electron chi connectivity index (χ1n) is 10.4. The summed E-state index contributed by atoms with van der Waals surface area (Å²) in [5, 5.41) is 4.21. The summed E-state index contributed by atoms with van der Waals surface area (Å²) in [6.07, 6.45) is 4.86. The van der Waals surface area contributed by atoms with Gasteiger partial charge in [-0.1, -0.05) is 30.3 Å². The maximum atomic E-state index is 12.8. The van der Waals surface area contributed by atoms with Gasteiger partial charge in [-0.2, -0.15) is 0 Å². The van der Waals surface area contributed by atoms with Gasteiger partial charge in [-0.05, 0) is 52.6 Å². The zero-order valence-electron chi connectivity index (χ0n) is 16.9. The van der Waals surface area contributed by atoms with E-state index in [1.54, 1.807) is 11.3 Å². The molecule has 1 aromatic carbocycles. The minimum Gasteiger partial charge on any atom is -0.331 e. The van der Waals surface area contributed by atoms with Crippen molar-refractivity contribution in [2.24, 2.45) is 0 Å². The van der Waals surface area contributed by atoms with Crippen LogP contribution in [0.15, 0.2) is 30.3 Å². The van der Waals surface area contributed by atoms with Crippen LogP contribution in [0.1, 0.15) is 49.2 Å². The summed E-state index contributed by atoms with van der Waals surface area (Å²) in [6.45, 7) is 8.28. The van der Waals surface area contributed by atoms with Gasteiger partial charge >= 0.3 is 6.03 Å². The molecule has 150 valence electrons. The van der Waals surface area contributed by atoms with Crippen molar-refractivity contribution in [2.45, 2.75) is 51.6 Å². The summed E-state index contributed by atoms with van der Waals surface area (Å²) in [5.74, 6) is 0. The predicted molar refractivity (Wildman–Crippen MR) is 115 cm³/mol. The van der Waals surface area contributed by atoms with Crippen LogP contribution >= 0.6 is 11.3 Å². The fourth-order valence-corrected chi connectivity index (χ4v) is 5.47. The Morgan fingerprint density at radius 1 is 1.14 bits per heavy atom. The molecule has 3 heterocycles. The van der Waals surface area contributed by atoms with Gasteiger partial charge in [-0.25, -0.2) is 9.78 Å². The second-order valence-corrected chi connectivity index (χ2v) is 9.00. The van der Waals surface area contributed by atoms with Crippen LogP contribution in [0.2, 0.25) is 0 Å². The SMILES string of the molecule is Cc1nc(-c2ccccc2)sc1[C@H](C)NC(=O)N1CCC(N2CCCC2)CC1. The van der Waals surface area contributed by atoms with Crippen molar-refractivity contribution in [1.29, 1.82) is 0 Å². The third-order valence-corrected chi connectivity index (χ3v) is 7.38. The highest BCUT2D eigenvalue weighted by Crippen LogP contribution is 2.32. The first kappa shape index (κ1) is 19.4. The molecule has 1 atom stereocenters. The van der Waals surface area contributed by atoms with Crippen molar-refractivity contribution in [3.8, 4) is 10.6 Å². The molecule has 0 radical (unpaired) electrons. The summed E-state index contributed by atoms with van der Waals surface area (Å²) >= 11 is 1.68. The Morgan fingerprint density at radius 2 is 1.82 bits per heavy atom. The van der Waals surface area contributed by atoms with Crippen molar-refractivity contribution >= 4 is 17.4 Å². The average Bonchev–Trinajstić information content (AvgIpc) is 3.39. The molecule has 4 rings (SSSR count). The highest BCUT2D eigenvalue weighted by Gasteiger charge is 2.29. The molecule has 0 bridgehead atoms. The second-order valence-electron chi connectivity index (χ2n) is 7.97. The normalized spacial score (nSPS) is 19.7. The van der Waals surface area contributed by atoms with E-state index >= 15 is 0 Å². The van der Waals surface area contributed by atoms with Crippen molar-refractivity contribution in [3.63, 3.8) is 0 Å². The van der Waals surface area contributed by atoms with E-state index < -0.39 is 0 Å². The number of aromatic nitrogens is 1. The lowest BCUT2D eigenvalue weighted by atomic mass is 10.0. The molecule has 5 nitrogen and oxygen atoms in total. The molecule has 1 N–H and O–H groups in total. The number of piperidine rings is 1. The molecule has 0 spiro atoms. The number of aryl methyl sites for hydroxylation is 1. The highest BCUT2D eigenvalue weighted by atomic mass is 32.1. The minimum atomic E-state index is -0.0289. The van der Waals surface area contributed by atoms with E-state index in [2.05, 4.69) is 29.3 Å². The number of hydrogen-bond acceptors (Lipinski definition) is 4. The quantitative estimate of drug-likeness (QED) is 0.828. The molecule has 6 heteroatoms. The van der Waals surface area contributed by atoms with Crippen LogP contribution in [-0.4, -0.2) is 53.0 Å². The molecule has 28 heavy (non-hydrogen) atoms. The molecule has 0 saturated carbocycles. The monoisotopic (exact) mass is 398 g/mol. The Labute approximate surface area is 171 Å². The number of benzene rings is 1. The first-order chi connectivity index (χ1) is 13.6. The standard InChI is InChI=1S/C22H30N4OS/c1-16-20(28-21(23-16)18-8-4-3-5-9-18)17(2)24-22(27)26-14-10-19(11-15-26)25-12-6-7-13-25/h3-5,8-9,17,19H,6-7,10-15H2,1-2H3,(H,24,27)/t17-/m0/s1. The van der Waals surface area contributed by atoms with Crippen LogP contribution in [0.3, 0.4) is 0 Å². The number of rotatable bonds is 4. The number of nitrogens with zero attached hydrogens (tertiary/aromatic N) is 3. The van der Waals surface area contributed by atoms with E-state index in [4.69, 9.17) is 4.98 Å². The third-order valence-electron chi connectivity index (χ3n) is 6.00. The molecule has 2 aromatic rings. The summed E-state index contributed by atoms with van der Waals surface area (Å²) in [6, 6.07) is 10.9. The molecule has 1 aromatic heterocycles. The largest absolute Gasteiger partial charge is 0.331 e. The molecule has 2 amide bonds. The lowest BCUT2D eigenvalue weighted by Crippen LogP contribution is -2.49. The Morgan fingerprint density at radius 3 is 2.50 bits per heavy atom. The van der Waals surface area contributed by atoms with Crippen molar-refractivity contribution < 1.29 is 4.79 Å². The van der Waals surface area contributed by atoms with Crippen LogP contribution in [0, 0.1) is 6.92 Å². The van der Waals surface area contributed by atoms with Gasteiger partial charge in [0.05, 0.1) is 16.6 Å². The molecule has 2 fully saturated rings. The lowest BCUT2D eigenvalue weighted by Gasteiger charge is -2.37. The Balaban J connectivity index is 1.34. The molecule has 2 aliphatic heterocycles. The molecule has 2 saturated heterocycles. The topological polar surface area (TPSA) is 48.5 Å². The van der Waals surface area contributed by atoms with Gasteiger partial charge in [0.2, 0.25) is 0 Å². The predicted octanol–water partition coefficient (Wildman–Crippen LogP) is 4.45. The van der Waals surface area contributed by atoms with E-state index in [1.165, 1.54) is 25.9 Å². The van der Waals surface area contributed by atoms with Gasteiger partial charge in [0.1, 0.15) is 5.01 Å². The van der Waals surface area contributed by atoms with Crippen LogP contribution in [0.5, 0.6) is 0 Å². The minimum absolute atomic E-state index is 0.0289. The lowest BCUT2D eigenvalue weighted by molar-refractivity contribution is 0.132. The van der Waals surface area contributed by atoms with Gasteiger partial charge in [0, 0.05) is 24.7 Å². The fourth-order valence-electron chi connectivity index (χ4n) is 4.40. The zero-order valence-corrected chi connectivity index (χ0v) is 17.7. The second kappa shape index (κ2) is 8.62. The van der Waals surface area contributed by atoms with E-state index in [9.17, 15) is 4.79 Å². The number of thiazole rings is 1.